The summed E-state index contributed by atoms with van der Waals surface area (Å²) in [6.07, 6.45) is 10.8. The molecular formula is C32H45NO5. The Morgan fingerprint density at radius 1 is 1.11 bits per heavy atom. The van der Waals surface area contributed by atoms with Crippen molar-refractivity contribution in [2.24, 2.45) is 44.8 Å². The van der Waals surface area contributed by atoms with Crippen molar-refractivity contribution in [3.8, 4) is 0 Å². The predicted molar refractivity (Wildman–Crippen MR) is 143 cm³/mol. The Morgan fingerprint density at radius 2 is 1.82 bits per heavy atom. The molecule has 208 valence electrons. The van der Waals surface area contributed by atoms with Crippen LogP contribution >= 0.6 is 0 Å². The van der Waals surface area contributed by atoms with Crippen LogP contribution in [0.5, 0.6) is 0 Å². The van der Waals surface area contributed by atoms with Crippen LogP contribution in [0.15, 0.2) is 22.4 Å². The van der Waals surface area contributed by atoms with Crippen LogP contribution in [0.3, 0.4) is 0 Å². The Kier molecular flexibility index (Phi) is 5.41. The molecule has 0 spiro atoms. The minimum Gasteiger partial charge on any atom is -0.469 e. The minimum atomic E-state index is -0.565. The number of hydrogen-bond acceptors (Lipinski definition) is 6. The molecule has 0 aromatic carbocycles. The maximum atomic E-state index is 14.5. The van der Waals surface area contributed by atoms with Crippen LogP contribution in [0.4, 0.5) is 0 Å². The van der Waals surface area contributed by atoms with Gasteiger partial charge in [0.15, 0.2) is 5.78 Å². The van der Waals surface area contributed by atoms with E-state index in [4.69, 9.17) is 9.26 Å². The standard InChI is InChI=1S/C32H45NO5/c1-27(2)10-12-32(26(36)37-7)13-11-31(6)24(20(32)16-27)21(35)14-23-28(3)15-19-17-33-38-25(19)29(4,18-34)22(28)8-9-30(23,31)5/h14,17,20,22,24,34H,8-13,15-16,18H2,1-7H3/t20-,22+,24-,28-,29+,30+,31+,32-/m0/s1. The molecule has 8 atom stereocenters. The highest BCUT2D eigenvalue weighted by Gasteiger charge is 2.71. The summed E-state index contributed by atoms with van der Waals surface area (Å²) in [7, 11) is 1.51. The number of fused-ring (bicyclic) bond motifs is 8. The minimum absolute atomic E-state index is 0.00785. The van der Waals surface area contributed by atoms with Crippen molar-refractivity contribution in [1.29, 1.82) is 0 Å². The maximum absolute atomic E-state index is 14.5. The van der Waals surface area contributed by atoms with Gasteiger partial charge in [-0.05, 0) is 97.9 Å². The van der Waals surface area contributed by atoms with Gasteiger partial charge in [0.2, 0.25) is 0 Å². The molecule has 6 rings (SSSR count). The molecule has 1 aromatic rings. The Bertz CT molecular complexity index is 1230. The zero-order valence-electron chi connectivity index (χ0n) is 24.3. The van der Waals surface area contributed by atoms with Gasteiger partial charge in [0, 0.05) is 11.5 Å². The summed E-state index contributed by atoms with van der Waals surface area (Å²) in [5.74, 6) is 0.836. The zero-order valence-corrected chi connectivity index (χ0v) is 24.3. The fourth-order valence-corrected chi connectivity index (χ4v) is 10.8. The molecule has 0 saturated heterocycles. The summed E-state index contributed by atoms with van der Waals surface area (Å²) in [4.78, 5) is 27.9. The van der Waals surface area contributed by atoms with Gasteiger partial charge in [-0.15, -0.1) is 0 Å². The third-order valence-corrected chi connectivity index (χ3v) is 13.1. The molecule has 1 N–H and O–H groups in total. The highest BCUT2D eigenvalue weighted by Crippen LogP contribution is 2.74. The third-order valence-electron chi connectivity index (χ3n) is 13.1. The first-order chi connectivity index (χ1) is 17.7. The molecule has 1 aromatic heterocycles. The number of carbonyl (C=O) groups excluding carboxylic acids is 2. The van der Waals surface area contributed by atoms with Crippen molar-refractivity contribution in [3.05, 3.63) is 29.2 Å². The average molecular weight is 524 g/mol. The Balaban J connectivity index is 1.51. The first kappa shape index (κ1) is 26.3. The molecule has 38 heavy (non-hydrogen) atoms. The molecule has 3 fully saturated rings. The lowest BCUT2D eigenvalue weighted by molar-refractivity contribution is -0.191. The smallest absolute Gasteiger partial charge is 0.312 e. The highest BCUT2D eigenvalue weighted by molar-refractivity contribution is 5.96. The zero-order chi connectivity index (χ0) is 27.5. The number of carbonyl (C=O) groups is 2. The van der Waals surface area contributed by atoms with E-state index < -0.39 is 10.8 Å². The van der Waals surface area contributed by atoms with Crippen LogP contribution < -0.4 is 0 Å². The quantitative estimate of drug-likeness (QED) is 0.492. The maximum Gasteiger partial charge on any atom is 0.312 e. The van der Waals surface area contributed by atoms with E-state index in [0.29, 0.717) is 0 Å². The van der Waals surface area contributed by atoms with E-state index in [-0.39, 0.29) is 57.8 Å². The van der Waals surface area contributed by atoms with Gasteiger partial charge in [-0.2, -0.15) is 0 Å². The van der Waals surface area contributed by atoms with Gasteiger partial charge >= 0.3 is 5.97 Å². The summed E-state index contributed by atoms with van der Waals surface area (Å²) >= 11 is 0. The van der Waals surface area contributed by atoms with Crippen molar-refractivity contribution in [2.45, 2.75) is 98.3 Å². The van der Waals surface area contributed by atoms with Crippen molar-refractivity contribution in [2.75, 3.05) is 13.7 Å². The molecule has 5 aliphatic carbocycles. The van der Waals surface area contributed by atoms with Gasteiger partial charge < -0.3 is 14.4 Å². The van der Waals surface area contributed by atoms with Crippen LogP contribution in [0.2, 0.25) is 0 Å². The third kappa shape index (κ3) is 2.96. The van der Waals surface area contributed by atoms with Crippen molar-refractivity contribution >= 4 is 11.8 Å². The number of aromatic nitrogens is 1. The van der Waals surface area contributed by atoms with Crippen molar-refractivity contribution in [3.63, 3.8) is 0 Å². The van der Waals surface area contributed by atoms with E-state index >= 15 is 0 Å². The second-order valence-electron chi connectivity index (χ2n) is 15.3. The van der Waals surface area contributed by atoms with Gasteiger partial charge in [0.1, 0.15) is 5.76 Å². The van der Waals surface area contributed by atoms with E-state index in [0.717, 1.165) is 62.7 Å². The van der Waals surface area contributed by atoms with E-state index in [2.05, 4.69) is 46.7 Å². The molecule has 5 aliphatic rings. The number of ketones is 1. The molecule has 0 amide bonds. The number of nitrogens with zero attached hydrogens (tertiary/aromatic N) is 1. The molecule has 6 heteroatoms. The number of rotatable bonds is 2. The molecule has 0 unspecified atom stereocenters. The lowest BCUT2D eigenvalue weighted by atomic mass is 9.34. The lowest BCUT2D eigenvalue weighted by Crippen LogP contribution is -2.66. The number of esters is 1. The Morgan fingerprint density at radius 3 is 2.50 bits per heavy atom. The number of hydrogen-bond donors (Lipinski definition) is 1. The highest BCUT2D eigenvalue weighted by atomic mass is 16.5. The average Bonchev–Trinajstić information content (AvgIpc) is 3.33. The summed E-state index contributed by atoms with van der Waals surface area (Å²) in [5.41, 5.74) is 0.576. The summed E-state index contributed by atoms with van der Waals surface area (Å²) in [5, 5.41) is 14.8. The van der Waals surface area contributed by atoms with Gasteiger partial charge in [0.25, 0.3) is 0 Å². The second-order valence-corrected chi connectivity index (χ2v) is 15.3. The number of methoxy groups -OCH3 is 1. The first-order valence-corrected chi connectivity index (χ1v) is 14.6. The number of allylic oxidation sites excluding steroid dienone is 2. The van der Waals surface area contributed by atoms with Gasteiger partial charge in [-0.25, -0.2) is 0 Å². The topological polar surface area (TPSA) is 89.6 Å². The monoisotopic (exact) mass is 523 g/mol. The van der Waals surface area contributed by atoms with E-state index in [9.17, 15) is 14.7 Å². The first-order valence-electron chi connectivity index (χ1n) is 14.6. The molecule has 1 heterocycles. The van der Waals surface area contributed by atoms with Crippen LogP contribution in [0, 0.1) is 44.8 Å². The summed E-state index contributed by atoms with van der Waals surface area (Å²) in [6.45, 7) is 13.7. The number of aliphatic hydroxyl groups excluding tert-OH is 1. The number of aliphatic hydroxyl groups is 1. The number of ether oxygens (including phenoxy) is 1. The predicted octanol–water partition coefficient (Wildman–Crippen LogP) is 5.81. The van der Waals surface area contributed by atoms with Crippen LogP contribution in [0.1, 0.15) is 97.8 Å². The largest absolute Gasteiger partial charge is 0.469 e. The molecule has 0 radical (unpaired) electrons. The van der Waals surface area contributed by atoms with E-state index in [1.807, 2.05) is 12.3 Å². The van der Waals surface area contributed by atoms with Crippen LogP contribution in [-0.2, 0) is 26.2 Å². The molecule has 3 saturated carbocycles. The summed E-state index contributed by atoms with van der Waals surface area (Å²) in [6, 6.07) is 0. The van der Waals surface area contributed by atoms with Gasteiger partial charge in [-0.3, -0.25) is 9.59 Å². The van der Waals surface area contributed by atoms with E-state index in [1.54, 1.807) is 0 Å². The Labute approximate surface area is 226 Å². The SMILES string of the molecule is COC(=O)[C@]12CCC(C)(C)C[C@H]1[C@H]1C(=O)C=C3[C@@]4(C)Cc5cnoc5[C@](C)(CO)[C@@H]4CC[C@@]3(C)[C@]1(C)CC2. The summed E-state index contributed by atoms with van der Waals surface area (Å²) < 4.78 is 11.2. The van der Waals surface area contributed by atoms with Crippen molar-refractivity contribution in [1.82, 2.24) is 5.16 Å². The van der Waals surface area contributed by atoms with Crippen molar-refractivity contribution < 1.29 is 24.0 Å². The molecule has 6 nitrogen and oxygen atoms in total. The molecule has 0 bridgehead atoms. The van der Waals surface area contributed by atoms with E-state index in [1.165, 1.54) is 12.7 Å². The Hall–Kier alpha value is -1.95. The fourth-order valence-electron chi connectivity index (χ4n) is 10.8. The molecular weight excluding hydrogens is 478 g/mol. The van der Waals surface area contributed by atoms with Crippen LogP contribution in [0.25, 0.3) is 0 Å². The normalized spacial score (nSPS) is 47.0. The van der Waals surface area contributed by atoms with Crippen LogP contribution in [-0.4, -0.2) is 35.7 Å². The fraction of sp³-hybridized carbons (Fsp3) is 0.781. The van der Waals surface area contributed by atoms with Gasteiger partial charge in [-0.1, -0.05) is 45.3 Å². The van der Waals surface area contributed by atoms with Gasteiger partial charge in [0.05, 0.1) is 30.7 Å². The second kappa shape index (κ2) is 7.83. The molecule has 0 aliphatic heterocycles. The lowest BCUT2D eigenvalue weighted by Gasteiger charge is -2.69.